The fourth-order valence-electron chi connectivity index (χ4n) is 5.59. The van der Waals surface area contributed by atoms with Crippen molar-refractivity contribution in [3.8, 4) is 17.2 Å². The second kappa shape index (κ2) is 14.5. The standard InChI is InChI=1S/C39H38N4O6/c1-24-12-16-35(27(4)19-24)47-17-7-8-18-48-39(46)28-14-15-32-34(21-28)43(42-41-32)23-49-36-22-31(37(44)30-10-6-5-9-29(30)36)38(45)40-33-20-25(2)11-13-26(33)3/h5-6,9-16,19-22,44H,7-8,17-18,23H2,1-4H3,(H,40,45). The van der Waals surface area contributed by atoms with Crippen molar-refractivity contribution < 1.29 is 28.9 Å². The molecule has 0 radical (unpaired) electrons. The highest BCUT2D eigenvalue weighted by molar-refractivity contribution is 6.11. The van der Waals surface area contributed by atoms with Crippen molar-refractivity contribution in [3.63, 3.8) is 0 Å². The number of aryl methyl sites for hydroxylation is 4. The predicted molar refractivity (Wildman–Crippen MR) is 189 cm³/mol. The normalized spacial score (nSPS) is 11.1. The molecule has 2 N–H and O–H groups in total. The van der Waals surface area contributed by atoms with E-state index in [0.29, 0.717) is 51.8 Å². The topological polar surface area (TPSA) is 125 Å². The van der Waals surface area contributed by atoms with Crippen LogP contribution in [-0.2, 0) is 11.5 Å². The second-order valence-corrected chi connectivity index (χ2v) is 12.1. The van der Waals surface area contributed by atoms with Gasteiger partial charge in [-0.2, -0.15) is 0 Å². The number of amides is 1. The number of nitrogens with zero attached hydrogens (tertiary/aromatic N) is 3. The number of carbonyl (C=O) groups excluding carboxylic acids is 2. The minimum Gasteiger partial charge on any atom is -0.506 e. The van der Waals surface area contributed by atoms with Gasteiger partial charge < -0.3 is 24.6 Å². The average Bonchev–Trinajstić information content (AvgIpc) is 3.50. The number of rotatable bonds is 12. The number of phenolic OH excluding ortho intramolecular Hbond substituents is 1. The minimum atomic E-state index is -0.468. The Morgan fingerprint density at radius 3 is 2.35 bits per heavy atom. The Morgan fingerprint density at radius 1 is 0.776 bits per heavy atom. The van der Waals surface area contributed by atoms with E-state index >= 15 is 0 Å². The third-order valence-corrected chi connectivity index (χ3v) is 8.32. The molecule has 0 unspecified atom stereocenters. The number of benzene rings is 5. The predicted octanol–water partition coefficient (Wildman–Crippen LogP) is 7.83. The van der Waals surface area contributed by atoms with E-state index in [-0.39, 0.29) is 24.7 Å². The van der Waals surface area contributed by atoms with Gasteiger partial charge in [0.1, 0.15) is 22.8 Å². The molecule has 10 heteroatoms. The molecule has 5 aromatic carbocycles. The highest BCUT2D eigenvalue weighted by atomic mass is 16.5. The van der Waals surface area contributed by atoms with E-state index in [4.69, 9.17) is 14.2 Å². The van der Waals surface area contributed by atoms with Crippen LogP contribution in [0.3, 0.4) is 0 Å². The van der Waals surface area contributed by atoms with E-state index in [1.54, 1.807) is 36.4 Å². The lowest BCUT2D eigenvalue weighted by molar-refractivity contribution is 0.0494. The molecule has 0 saturated heterocycles. The molecule has 0 aliphatic carbocycles. The summed E-state index contributed by atoms with van der Waals surface area (Å²) in [6, 6.07) is 25.6. The van der Waals surface area contributed by atoms with Crippen LogP contribution in [0.25, 0.3) is 21.8 Å². The molecule has 0 fully saturated rings. The molecular weight excluding hydrogens is 620 g/mol. The Balaban J connectivity index is 1.12. The number of aromatic nitrogens is 3. The summed E-state index contributed by atoms with van der Waals surface area (Å²) in [7, 11) is 0. The quantitative estimate of drug-likeness (QED) is 0.101. The van der Waals surface area contributed by atoms with E-state index in [9.17, 15) is 14.7 Å². The van der Waals surface area contributed by atoms with Crippen LogP contribution in [0.4, 0.5) is 5.69 Å². The Bertz CT molecular complexity index is 2170. The maximum atomic E-state index is 13.4. The average molecular weight is 659 g/mol. The number of hydrogen-bond donors (Lipinski definition) is 2. The smallest absolute Gasteiger partial charge is 0.338 e. The molecule has 250 valence electrons. The van der Waals surface area contributed by atoms with Crippen LogP contribution < -0.4 is 14.8 Å². The lowest BCUT2D eigenvalue weighted by Gasteiger charge is -2.15. The number of ether oxygens (including phenoxy) is 3. The zero-order valence-corrected chi connectivity index (χ0v) is 27.9. The van der Waals surface area contributed by atoms with Gasteiger partial charge in [0.05, 0.1) is 29.9 Å². The van der Waals surface area contributed by atoms with Gasteiger partial charge in [0.2, 0.25) is 0 Å². The summed E-state index contributed by atoms with van der Waals surface area (Å²) in [5.41, 5.74) is 6.43. The van der Waals surface area contributed by atoms with Gasteiger partial charge >= 0.3 is 5.97 Å². The van der Waals surface area contributed by atoms with Crippen LogP contribution in [-0.4, -0.2) is 45.2 Å². The maximum absolute atomic E-state index is 13.4. The van der Waals surface area contributed by atoms with Crippen molar-refractivity contribution >= 4 is 39.4 Å². The molecule has 0 atom stereocenters. The molecule has 10 nitrogen and oxygen atoms in total. The third kappa shape index (κ3) is 7.49. The summed E-state index contributed by atoms with van der Waals surface area (Å²) in [5.74, 6) is 0.178. The van der Waals surface area contributed by atoms with Gasteiger partial charge in [-0.05, 0) is 93.6 Å². The van der Waals surface area contributed by atoms with Crippen molar-refractivity contribution in [3.05, 3.63) is 118 Å². The molecule has 0 aliphatic rings. The first kappa shape index (κ1) is 33.0. The number of anilines is 1. The van der Waals surface area contributed by atoms with E-state index < -0.39 is 11.9 Å². The number of nitrogens with one attached hydrogen (secondary N) is 1. The van der Waals surface area contributed by atoms with E-state index in [1.165, 1.54) is 16.3 Å². The molecule has 0 aliphatic heterocycles. The van der Waals surface area contributed by atoms with Crippen LogP contribution >= 0.6 is 0 Å². The summed E-state index contributed by atoms with van der Waals surface area (Å²) in [6.07, 6.45) is 1.41. The van der Waals surface area contributed by atoms with Crippen LogP contribution in [0.2, 0.25) is 0 Å². The van der Waals surface area contributed by atoms with E-state index in [1.807, 2.05) is 64.1 Å². The number of esters is 1. The summed E-state index contributed by atoms with van der Waals surface area (Å²) < 4.78 is 19.1. The SMILES string of the molecule is Cc1ccc(OCCCCOC(=O)c2ccc3nnn(COc4cc(C(=O)Nc5cc(C)ccc5C)c(O)c5ccccc45)c3c2)c(C)c1. The van der Waals surface area contributed by atoms with Gasteiger partial charge in [0, 0.05) is 16.5 Å². The zero-order chi connectivity index (χ0) is 34.5. The largest absolute Gasteiger partial charge is 0.506 e. The number of fused-ring (bicyclic) bond motifs is 2. The molecule has 49 heavy (non-hydrogen) atoms. The summed E-state index contributed by atoms with van der Waals surface area (Å²) >= 11 is 0. The lowest BCUT2D eigenvalue weighted by atomic mass is 10.0. The summed E-state index contributed by atoms with van der Waals surface area (Å²) in [5, 5.41) is 23.5. The number of aromatic hydroxyl groups is 1. The van der Waals surface area contributed by atoms with Gasteiger partial charge in [-0.1, -0.05) is 59.3 Å². The Morgan fingerprint density at radius 2 is 1.53 bits per heavy atom. The van der Waals surface area contributed by atoms with Gasteiger partial charge in [0.15, 0.2) is 6.73 Å². The molecule has 6 rings (SSSR count). The van der Waals surface area contributed by atoms with Crippen LogP contribution in [0.5, 0.6) is 17.2 Å². The highest BCUT2D eigenvalue weighted by Gasteiger charge is 2.20. The molecule has 1 amide bonds. The van der Waals surface area contributed by atoms with Crippen molar-refractivity contribution in [2.75, 3.05) is 18.5 Å². The Hall–Kier alpha value is -5.90. The van der Waals surface area contributed by atoms with Gasteiger partial charge in [-0.25, -0.2) is 9.48 Å². The molecule has 0 saturated carbocycles. The third-order valence-electron chi connectivity index (χ3n) is 8.32. The van der Waals surface area contributed by atoms with Crippen LogP contribution in [0, 0.1) is 27.7 Å². The van der Waals surface area contributed by atoms with E-state index in [0.717, 1.165) is 28.9 Å². The number of unbranched alkanes of at least 4 members (excludes halogenated alkanes) is 1. The van der Waals surface area contributed by atoms with Gasteiger partial charge in [-0.3, -0.25) is 4.79 Å². The molecule has 0 spiro atoms. The van der Waals surface area contributed by atoms with Gasteiger partial charge in [-0.15, -0.1) is 5.10 Å². The van der Waals surface area contributed by atoms with E-state index in [2.05, 4.69) is 21.7 Å². The van der Waals surface area contributed by atoms with Crippen molar-refractivity contribution in [2.24, 2.45) is 0 Å². The first-order chi connectivity index (χ1) is 23.7. The molecule has 0 bridgehead atoms. The Labute approximate surface area is 284 Å². The van der Waals surface area contributed by atoms with Crippen LogP contribution in [0.1, 0.15) is 55.8 Å². The highest BCUT2D eigenvalue weighted by Crippen LogP contribution is 2.37. The summed E-state index contributed by atoms with van der Waals surface area (Å²) in [4.78, 5) is 26.3. The monoisotopic (exact) mass is 658 g/mol. The van der Waals surface area contributed by atoms with Crippen LogP contribution in [0.15, 0.2) is 84.9 Å². The first-order valence-corrected chi connectivity index (χ1v) is 16.1. The number of carbonyl (C=O) groups is 2. The second-order valence-electron chi connectivity index (χ2n) is 12.1. The minimum absolute atomic E-state index is 0.0672. The fraction of sp³-hybridized carbons (Fsp3) is 0.231. The lowest BCUT2D eigenvalue weighted by Crippen LogP contribution is -2.14. The van der Waals surface area contributed by atoms with Crippen molar-refractivity contribution in [2.45, 2.75) is 47.3 Å². The van der Waals surface area contributed by atoms with Crippen molar-refractivity contribution in [1.82, 2.24) is 15.0 Å². The summed E-state index contributed by atoms with van der Waals surface area (Å²) in [6.45, 7) is 8.65. The zero-order valence-electron chi connectivity index (χ0n) is 27.9. The van der Waals surface area contributed by atoms with Gasteiger partial charge in [0.25, 0.3) is 5.91 Å². The van der Waals surface area contributed by atoms with Crippen molar-refractivity contribution in [1.29, 1.82) is 0 Å². The first-order valence-electron chi connectivity index (χ1n) is 16.1. The molecule has 1 aromatic heterocycles. The number of hydrogen-bond acceptors (Lipinski definition) is 8. The maximum Gasteiger partial charge on any atom is 0.338 e. The molecular formula is C39H38N4O6. The Kier molecular flexibility index (Phi) is 9.75. The fourth-order valence-corrected chi connectivity index (χ4v) is 5.59. The molecule has 1 heterocycles. The number of phenols is 1. The molecule has 6 aromatic rings.